The van der Waals surface area contributed by atoms with Crippen LogP contribution in [0.5, 0.6) is 17.2 Å². The first-order valence-electron chi connectivity index (χ1n) is 8.08. The molecular formula is C21H18BrNO3. The van der Waals surface area contributed by atoms with E-state index in [1.807, 2.05) is 72.8 Å². The van der Waals surface area contributed by atoms with Crippen molar-refractivity contribution in [2.24, 2.45) is 0 Å². The highest BCUT2D eigenvalue weighted by atomic mass is 79.9. The molecule has 1 N–H and O–H groups in total. The SMILES string of the molecule is COc1ccc(CC(=O)Nc2ccc(Oc3ccc(Br)cc3)cc2)cc1. The van der Waals surface area contributed by atoms with Gasteiger partial charge in [-0.05, 0) is 66.2 Å². The van der Waals surface area contributed by atoms with Gasteiger partial charge in [-0.1, -0.05) is 28.1 Å². The highest BCUT2D eigenvalue weighted by Crippen LogP contribution is 2.24. The Bertz CT molecular complexity index is 859. The number of methoxy groups -OCH3 is 1. The van der Waals surface area contributed by atoms with Crippen molar-refractivity contribution < 1.29 is 14.3 Å². The van der Waals surface area contributed by atoms with Crippen LogP contribution >= 0.6 is 15.9 Å². The maximum Gasteiger partial charge on any atom is 0.228 e. The van der Waals surface area contributed by atoms with Gasteiger partial charge in [-0.3, -0.25) is 4.79 Å². The second-order valence-corrected chi connectivity index (χ2v) is 6.57. The first-order valence-corrected chi connectivity index (χ1v) is 8.88. The minimum Gasteiger partial charge on any atom is -0.497 e. The van der Waals surface area contributed by atoms with Crippen LogP contribution in [0.25, 0.3) is 0 Å². The van der Waals surface area contributed by atoms with Crippen LogP contribution in [0.4, 0.5) is 5.69 Å². The molecule has 1 amide bonds. The molecule has 3 rings (SSSR count). The maximum absolute atomic E-state index is 12.2. The van der Waals surface area contributed by atoms with E-state index in [1.54, 1.807) is 7.11 Å². The fraction of sp³-hybridized carbons (Fsp3) is 0.0952. The summed E-state index contributed by atoms with van der Waals surface area (Å²) in [5.74, 6) is 2.16. The quantitative estimate of drug-likeness (QED) is 0.587. The zero-order valence-corrected chi connectivity index (χ0v) is 15.8. The summed E-state index contributed by atoms with van der Waals surface area (Å²) < 4.78 is 11.9. The van der Waals surface area contributed by atoms with E-state index in [0.29, 0.717) is 12.2 Å². The number of nitrogens with one attached hydrogen (secondary N) is 1. The van der Waals surface area contributed by atoms with Gasteiger partial charge in [0, 0.05) is 10.2 Å². The Morgan fingerprint density at radius 3 is 1.96 bits per heavy atom. The van der Waals surface area contributed by atoms with E-state index >= 15 is 0 Å². The molecule has 0 saturated heterocycles. The van der Waals surface area contributed by atoms with Crippen molar-refractivity contribution in [3.05, 3.63) is 82.8 Å². The van der Waals surface area contributed by atoms with E-state index in [1.165, 1.54) is 0 Å². The number of anilines is 1. The first-order chi connectivity index (χ1) is 12.6. The molecule has 0 fully saturated rings. The summed E-state index contributed by atoms with van der Waals surface area (Å²) in [6.07, 6.45) is 0.307. The van der Waals surface area contributed by atoms with Crippen LogP contribution in [0.15, 0.2) is 77.3 Å². The van der Waals surface area contributed by atoms with Gasteiger partial charge in [-0.2, -0.15) is 0 Å². The van der Waals surface area contributed by atoms with E-state index in [0.717, 1.165) is 27.2 Å². The number of carbonyl (C=O) groups excluding carboxylic acids is 1. The summed E-state index contributed by atoms with van der Waals surface area (Å²) in [5.41, 5.74) is 1.66. The molecule has 4 nitrogen and oxygen atoms in total. The van der Waals surface area contributed by atoms with Crippen LogP contribution < -0.4 is 14.8 Å². The number of carbonyl (C=O) groups is 1. The van der Waals surface area contributed by atoms with E-state index in [9.17, 15) is 4.79 Å². The van der Waals surface area contributed by atoms with Crippen LogP contribution in [-0.4, -0.2) is 13.0 Å². The molecule has 0 aliphatic heterocycles. The number of rotatable bonds is 6. The Labute approximate surface area is 160 Å². The van der Waals surface area contributed by atoms with Crippen LogP contribution in [-0.2, 0) is 11.2 Å². The van der Waals surface area contributed by atoms with Crippen molar-refractivity contribution in [2.45, 2.75) is 6.42 Å². The number of hydrogen-bond acceptors (Lipinski definition) is 3. The van der Waals surface area contributed by atoms with E-state index < -0.39 is 0 Å². The summed E-state index contributed by atoms with van der Waals surface area (Å²) in [4.78, 5) is 12.2. The van der Waals surface area contributed by atoms with Crippen molar-refractivity contribution in [1.29, 1.82) is 0 Å². The molecule has 0 unspecified atom stereocenters. The molecule has 26 heavy (non-hydrogen) atoms. The Hall–Kier alpha value is -2.79. The lowest BCUT2D eigenvalue weighted by molar-refractivity contribution is -0.115. The minimum absolute atomic E-state index is 0.0725. The Morgan fingerprint density at radius 1 is 0.846 bits per heavy atom. The molecule has 5 heteroatoms. The fourth-order valence-electron chi connectivity index (χ4n) is 2.38. The van der Waals surface area contributed by atoms with Crippen molar-refractivity contribution >= 4 is 27.5 Å². The fourth-order valence-corrected chi connectivity index (χ4v) is 2.64. The first kappa shape index (κ1) is 18.0. The Kier molecular flexibility index (Phi) is 5.92. The molecule has 0 heterocycles. The van der Waals surface area contributed by atoms with Gasteiger partial charge < -0.3 is 14.8 Å². The summed E-state index contributed by atoms with van der Waals surface area (Å²) >= 11 is 3.39. The molecule has 0 aliphatic rings. The second kappa shape index (κ2) is 8.54. The van der Waals surface area contributed by atoms with Crippen molar-refractivity contribution in [3.63, 3.8) is 0 Å². The minimum atomic E-state index is -0.0725. The number of ether oxygens (including phenoxy) is 2. The molecule has 0 spiro atoms. The maximum atomic E-state index is 12.2. The lowest BCUT2D eigenvalue weighted by atomic mass is 10.1. The lowest BCUT2D eigenvalue weighted by Gasteiger charge is -2.09. The van der Waals surface area contributed by atoms with Gasteiger partial charge in [0.05, 0.1) is 13.5 Å². The topological polar surface area (TPSA) is 47.6 Å². The van der Waals surface area contributed by atoms with Gasteiger partial charge in [0.25, 0.3) is 0 Å². The molecular weight excluding hydrogens is 394 g/mol. The van der Waals surface area contributed by atoms with Gasteiger partial charge >= 0.3 is 0 Å². The Balaban J connectivity index is 1.56. The molecule has 0 radical (unpaired) electrons. The van der Waals surface area contributed by atoms with Crippen molar-refractivity contribution in [1.82, 2.24) is 0 Å². The number of hydrogen-bond donors (Lipinski definition) is 1. The van der Waals surface area contributed by atoms with Gasteiger partial charge in [-0.15, -0.1) is 0 Å². The molecule has 3 aromatic rings. The van der Waals surface area contributed by atoms with Crippen LogP contribution in [0.1, 0.15) is 5.56 Å². The average molecular weight is 412 g/mol. The lowest BCUT2D eigenvalue weighted by Crippen LogP contribution is -2.14. The standard InChI is InChI=1S/C21H18BrNO3/c1-25-18-8-2-15(3-9-18)14-21(24)23-17-6-12-20(13-7-17)26-19-10-4-16(22)5-11-19/h2-13H,14H2,1H3,(H,23,24). The van der Waals surface area contributed by atoms with E-state index in [4.69, 9.17) is 9.47 Å². The van der Waals surface area contributed by atoms with Crippen LogP contribution in [0, 0.1) is 0 Å². The average Bonchev–Trinajstić information content (AvgIpc) is 2.66. The van der Waals surface area contributed by atoms with Crippen LogP contribution in [0.2, 0.25) is 0 Å². The predicted molar refractivity (Wildman–Crippen MR) is 106 cm³/mol. The molecule has 0 atom stereocenters. The van der Waals surface area contributed by atoms with E-state index in [2.05, 4.69) is 21.2 Å². The summed E-state index contributed by atoms with van der Waals surface area (Å²) in [5, 5.41) is 2.89. The molecule has 3 aromatic carbocycles. The largest absolute Gasteiger partial charge is 0.497 e. The third-order valence-corrected chi connectivity index (χ3v) is 4.24. The molecule has 0 aliphatic carbocycles. The summed E-state index contributed by atoms with van der Waals surface area (Å²) in [7, 11) is 1.62. The summed E-state index contributed by atoms with van der Waals surface area (Å²) in [6.45, 7) is 0. The van der Waals surface area contributed by atoms with Crippen molar-refractivity contribution in [2.75, 3.05) is 12.4 Å². The third-order valence-electron chi connectivity index (χ3n) is 3.71. The molecule has 0 bridgehead atoms. The third kappa shape index (κ3) is 5.10. The number of halogens is 1. The second-order valence-electron chi connectivity index (χ2n) is 5.65. The van der Waals surface area contributed by atoms with Gasteiger partial charge in [0.2, 0.25) is 5.91 Å². The highest BCUT2D eigenvalue weighted by molar-refractivity contribution is 9.10. The highest BCUT2D eigenvalue weighted by Gasteiger charge is 2.05. The van der Waals surface area contributed by atoms with E-state index in [-0.39, 0.29) is 5.91 Å². The normalized spacial score (nSPS) is 10.2. The van der Waals surface area contributed by atoms with Gasteiger partial charge in [0.15, 0.2) is 0 Å². The monoisotopic (exact) mass is 411 g/mol. The van der Waals surface area contributed by atoms with Gasteiger partial charge in [-0.25, -0.2) is 0 Å². The summed E-state index contributed by atoms with van der Waals surface area (Å²) in [6, 6.07) is 22.3. The zero-order valence-electron chi connectivity index (χ0n) is 14.2. The van der Waals surface area contributed by atoms with Crippen LogP contribution in [0.3, 0.4) is 0 Å². The van der Waals surface area contributed by atoms with Crippen molar-refractivity contribution in [3.8, 4) is 17.2 Å². The molecule has 132 valence electrons. The smallest absolute Gasteiger partial charge is 0.228 e. The Morgan fingerprint density at radius 2 is 1.38 bits per heavy atom. The number of amides is 1. The van der Waals surface area contributed by atoms with Gasteiger partial charge in [0.1, 0.15) is 17.2 Å². The zero-order chi connectivity index (χ0) is 18.4. The number of benzene rings is 3. The molecule has 0 aromatic heterocycles. The predicted octanol–water partition coefficient (Wildman–Crippen LogP) is 5.43. The molecule has 0 saturated carbocycles.